The summed E-state index contributed by atoms with van der Waals surface area (Å²) in [6.07, 6.45) is 2.41. The maximum atomic E-state index is 9.46. The maximum absolute atomic E-state index is 9.46. The fraction of sp³-hybridized carbons (Fsp3) is 0.267. The molecule has 3 nitrogen and oxygen atoms in total. The van der Waals surface area contributed by atoms with Gasteiger partial charge in [0, 0.05) is 12.2 Å². The van der Waals surface area contributed by atoms with Crippen LogP contribution < -0.4 is 4.90 Å². The largest absolute Gasteiger partial charge is 0.387 e. The summed E-state index contributed by atoms with van der Waals surface area (Å²) in [5.74, 6) is 0. The van der Waals surface area contributed by atoms with E-state index in [1.807, 2.05) is 18.3 Å². The van der Waals surface area contributed by atoms with Gasteiger partial charge in [0.25, 0.3) is 0 Å². The molecule has 1 aromatic carbocycles. The summed E-state index contributed by atoms with van der Waals surface area (Å²) >= 11 is 0. The highest BCUT2D eigenvalue weighted by Crippen LogP contribution is 2.33. The first-order valence-electron chi connectivity index (χ1n) is 6.25. The van der Waals surface area contributed by atoms with Gasteiger partial charge in [0.2, 0.25) is 0 Å². The number of para-hydroxylation sites is 1. The van der Waals surface area contributed by atoms with Gasteiger partial charge in [-0.05, 0) is 37.1 Å². The van der Waals surface area contributed by atoms with Crippen molar-refractivity contribution in [3.8, 4) is 0 Å². The minimum absolute atomic E-state index is 0.509. The Morgan fingerprint density at radius 3 is 2.78 bits per heavy atom. The predicted molar refractivity (Wildman–Crippen MR) is 72.0 cm³/mol. The molecule has 1 N–H and O–H groups in total. The molecule has 1 aliphatic rings. The topological polar surface area (TPSA) is 36.4 Å². The van der Waals surface area contributed by atoms with E-state index < -0.39 is 6.10 Å². The highest BCUT2D eigenvalue weighted by atomic mass is 16.3. The van der Waals surface area contributed by atoms with E-state index in [9.17, 15) is 5.11 Å². The van der Waals surface area contributed by atoms with Gasteiger partial charge in [0.15, 0.2) is 0 Å². The van der Waals surface area contributed by atoms with E-state index in [1.165, 1.54) is 11.3 Å². The molecule has 3 rings (SSSR count). The van der Waals surface area contributed by atoms with Crippen LogP contribution in [0.15, 0.2) is 42.6 Å². The molecular weight excluding hydrogens is 224 g/mol. The number of anilines is 2. The third-order valence-electron chi connectivity index (χ3n) is 3.40. The number of aromatic nitrogens is 1. The van der Waals surface area contributed by atoms with Gasteiger partial charge in [0.05, 0.1) is 23.7 Å². The van der Waals surface area contributed by atoms with Crippen molar-refractivity contribution >= 4 is 11.4 Å². The van der Waals surface area contributed by atoms with Crippen LogP contribution in [0, 0.1) is 0 Å². The Morgan fingerprint density at radius 2 is 2.06 bits per heavy atom. The lowest BCUT2D eigenvalue weighted by Gasteiger charge is -2.19. The lowest BCUT2D eigenvalue weighted by molar-refractivity contribution is 0.194. The fourth-order valence-corrected chi connectivity index (χ4v) is 2.41. The van der Waals surface area contributed by atoms with Crippen LogP contribution in [-0.4, -0.2) is 16.6 Å². The van der Waals surface area contributed by atoms with Crippen LogP contribution in [0.1, 0.15) is 24.3 Å². The number of hydrogen-bond donors (Lipinski definition) is 1. The van der Waals surface area contributed by atoms with Gasteiger partial charge in [-0.3, -0.25) is 4.98 Å². The van der Waals surface area contributed by atoms with Crippen molar-refractivity contribution in [3.05, 3.63) is 53.9 Å². The second kappa shape index (κ2) is 4.42. The minimum atomic E-state index is -0.509. The van der Waals surface area contributed by atoms with Crippen molar-refractivity contribution in [2.75, 3.05) is 11.4 Å². The molecule has 0 aliphatic carbocycles. The Bertz CT molecular complexity index is 549. The summed E-state index contributed by atoms with van der Waals surface area (Å²) in [6.45, 7) is 2.72. The van der Waals surface area contributed by atoms with Crippen LogP contribution in [0.5, 0.6) is 0 Å². The number of nitrogens with zero attached hydrogens (tertiary/aromatic N) is 2. The highest BCUT2D eigenvalue weighted by molar-refractivity contribution is 5.69. The molecular formula is C15H16N2O. The molecule has 1 aromatic heterocycles. The molecule has 0 saturated heterocycles. The van der Waals surface area contributed by atoms with Crippen LogP contribution in [0.25, 0.3) is 0 Å². The van der Waals surface area contributed by atoms with Gasteiger partial charge in [-0.15, -0.1) is 0 Å². The summed E-state index contributed by atoms with van der Waals surface area (Å²) in [6, 6.07) is 12.4. The Kier molecular flexibility index (Phi) is 2.76. The Balaban J connectivity index is 1.93. The number of aliphatic hydroxyl groups is 1. The molecule has 18 heavy (non-hydrogen) atoms. The van der Waals surface area contributed by atoms with Crippen LogP contribution in [0.3, 0.4) is 0 Å². The van der Waals surface area contributed by atoms with Crippen LogP contribution in [0.4, 0.5) is 11.4 Å². The molecule has 3 heteroatoms. The van der Waals surface area contributed by atoms with E-state index in [-0.39, 0.29) is 0 Å². The molecule has 2 heterocycles. The molecule has 2 aromatic rings. The molecule has 0 radical (unpaired) electrons. The zero-order valence-corrected chi connectivity index (χ0v) is 10.4. The third-order valence-corrected chi connectivity index (χ3v) is 3.40. The molecule has 1 atom stereocenters. The average molecular weight is 240 g/mol. The molecule has 92 valence electrons. The predicted octanol–water partition coefficient (Wildman–Crippen LogP) is 2.83. The van der Waals surface area contributed by atoms with Gasteiger partial charge in [0.1, 0.15) is 0 Å². The summed E-state index contributed by atoms with van der Waals surface area (Å²) in [7, 11) is 0. The van der Waals surface area contributed by atoms with E-state index in [0.29, 0.717) is 5.69 Å². The van der Waals surface area contributed by atoms with Gasteiger partial charge in [-0.1, -0.05) is 18.2 Å². The van der Waals surface area contributed by atoms with Gasteiger partial charge in [-0.2, -0.15) is 0 Å². The summed E-state index contributed by atoms with van der Waals surface area (Å²) < 4.78 is 0. The van der Waals surface area contributed by atoms with Crippen LogP contribution >= 0.6 is 0 Å². The average Bonchev–Trinajstić information content (AvgIpc) is 2.82. The second-order valence-corrected chi connectivity index (χ2v) is 4.65. The first kappa shape index (κ1) is 11.2. The number of hydrogen-bond acceptors (Lipinski definition) is 3. The Labute approximate surface area is 107 Å². The zero-order chi connectivity index (χ0) is 12.5. The van der Waals surface area contributed by atoms with Crippen molar-refractivity contribution in [1.29, 1.82) is 0 Å². The summed E-state index contributed by atoms with van der Waals surface area (Å²) in [5.41, 5.74) is 4.46. The standard InChI is InChI=1S/C15H16N2O/c1-11(18)14-7-6-13(10-16-14)17-9-8-12-4-2-3-5-15(12)17/h2-7,10-11,18H,8-9H2,1H3/t11-/m0/s1. The maximum Gasteiger partial charge on any atom is 0.0931 e. The fourth-order valence-electron chi connectivity index (χ4n) is 2.41. The number of pyridine rings is 1. The monoisotopic (exact) mass is 240 g/mol. The van der Waals surface area contributed by atoms with Crippen molar-refractivity contribution < 1.29 is 5.11 Å². The molecule has 0 unspecified atom stereocenters. The minimum Gasteiger partial charge on any atom is -0.387 e. The molecule has 1 aliphatic heterocycles. The highest BCUT2D eigenvalue weighted by Gasteiger charge is 2.19. The first-order chi connectivity index (χ1) is 8.75. The first-order valence-corrected chi connectivity index (χ1v) is 6.25. The smallest absolute Gasteiger partial charge is 0.0931 e. The molecule has 0 fully saturated rings. The summed E-state index contributed by atoms with van der Waals surface area (Å²) in [4.78, 5) is 6.58. The van der Waals surface area contributed by atoms with Crippen LogP contribution in [-0.2, 0) is 6.42 Å². The van der Waals surface area contributed by atoms with Crippen molar-refractivity contribution in [2.24, 2.45) is 0 Å². The SMILES string of the molecule is C[C@H](O)c1ccc(N2CCc3ccccc32)cn1. The van der Waals surface area contributed by atoms with E-state index in [1.54, 1.807) is 6.92 Å². The van der Waals surface area contributed by atoms with Gasteiger partial charge >= 0.3 is 0 Å². The third kappa shape index (κ3) is 1.87. The number of aliphatic hydroxyl groups excluding tert-OH is 1. The van der Waals surface area contributed by atoms with E-state index in [2.05, 4.69) is 34.1 Å². The van der Waals surface area contributed by atoms with Crippen molar-refractivity contribution in [2.45, 2.75) is 19.4 Å². The van der Waals surface area contributed by atoms with Gasteiger partial charge < -0.3 is 10.0 Å². The molecule has 0 bridgehead atoms. The van der Waals surface area contributed by atoms with Crippen molar-refractivity contribution in [3.63, 3.8) is 0 Å². The van der Waals surface area contributed by atoms with E-state index in [0.717, 1.165) is 18.7 Å². The molecule has 0 saturated carbocycles. The van der Waals surface area contributed by atoms with Crippen LogP contribution in [0.2, 0.25) is 0 Å². The van der Waals surface area contributed by atoms with E-state index in [4.69, 9.17) is 0 Å². The number of fused-ring (bicyclic) bond motifs is 1. The number of benzene rings is 1. The lowest BCUT2D eigenvalue weighted by atomic mass is 10.2. The Morgan fingerprint density at radius 1 is 1.22 bits per heavy atom. The second-order valence-electron chi connectivity index (χ2n) is 4.65. The van der Waals surface area contributed by atoms with Crippen molar-refractivity contribution in [1.82, 2.24) is 4.98 Å². The molecule has 0 spiro atoms. The Hall–Kier alpha value is -1.87. The lowest BCUT2D eigenvalue weighted by Crippen LogP contribution is -2.13. The number of rotatable bonds is 2. The zero-order valence-electron chi connectivity index (χ0n) is 10.4. The van der Waals surface area contributed by atoms with Gasteiger partial charge in [-0.25, -0.2) is 0 Å². The summed E-state index contributed by atoms with van der Waals surface area (Å²) in [5, 5.41) is 9.46. The normalized spacial score (nSPS) is 15.6. The molecule has 0 amide bonds. The quantitative estimate of drug-likeness (QED) is 0.877. The van der Waals surface area contributed by atoms with E-state index >= 15 is 0 Å².